The highest BCUT2D eigenvalue weighted by Crippen LogP contribution is 2.16. The van der Waals surface area contributed by atoms with Crippen LogP contribution < -0.4 is 10.6 Å². The maximum Gasteiger partial charge on any atom is 0.273 e. The van der Waals surface area contributed by atoms with Gasteiger partial charge >= 0.3 is 0 Å². The summed E-state index contributed by atoms with van der Waals surface area (Å²) in [5.41, 5.74) is 0.317. The van der Waals surface area contributed by atoms with Crippen molar-refractivity contribution in [2.45, 2.75) is 31.1 Å². The number of hydrogen-bond donors (Lipinski definition) is 2. The Bertz CT molecular complexity index is 484. The Hall–Kier alpha value is -1.28. The molecule has 1 aromatic heterocycles. The molecule has 1 amide bonds. The molecular weight excluding hydrogens is 278 g/mol. The second-order valence-corrected chi connectivity index (χ2v) is 6.89. The number of aromatic nitrogens is 3. The Morgan fingerprint density at radius 2 is 2.30 bits per heavy atom. The molecule has 0 aromatic carbocycles. The molecule has 2 N–H and O–H groups in total. The first-order valence-electron chi connectivity index (χ1n) is 6.81. The van der Waals surface area contributed by atoms with E-state index in [1.807, 2.05) is 6.92 Å². The molecule has 20 heavy (non-hydrogen) atoms. The summed E-state index contributed by atoms with van der Waals surface area (Å²) in [5.74, 6) is -0.262. The molecule has 1 aliphatic rings. The lowest BCUT2D eigenvalue weighted by Crippen LogP contribution is -2.32. The van der Waals surface area contributed by atoms with E-state index in [2.05, 4.69) is 20.9 Å². The van der Waals surface area contributed by atoms with Gasteiger partial charge in [-0.3, -0.25) is 9.00 Å². The third-order valence-electron chi connectivity index (χ3n) is 3.54. The van der Waals surface area contributed by atoms with Crippen molar-refractivity contribution in [3.05, 3.63) is 11.9 Å². The number of carbonyl (C=O) groups excluding carboxylic acids is 1. The van der Waals surface area contributed by atoms with E-state index in [0.717, 1.165) is 25.9 Å². The van der Waals surface area contributed by atoms with Crippen LogP contribution in [0.1, 0.15) is 36.3 Å². The van der Waals surface area contributed by atoms with E-state index in [0.29, 0.717) is 18.3 Å². The van der Waals surface area contributed by atoms with Crippen molar-refractivity contribution >= 4 is 16.7 Å². The average molecular weight is 299 g/mol. The molecule has 1 saturated heterocycles. The molecule has 0 saturated carbocycles. The van der Waals surface area contributed by atoms with E-state index in [4.69, 9.17) is 0 Å². The zero-order valence-electron chi connectivity index (χ0n) is 11.8. The monoisotopic (exact) mass is 299 g/mol. The van der Waals surface area contributed by atoms with Crippen LogP contribution in [0.3, 0.4) is 0 Å². The Morgan fingerprint density at radius 3 is 2.95 bits per heavy atom. The molecule has 0 spiro atoms. The van der Waals surface area contributed by atoms with Crippen molar-refractivity contribution in [2.75, 3.05) is 25.9 Å². The van der Waals surface area contributed by atoms with Crippen LogP contribution in [0.15, 0.2) is 6.20 Å². The van der Waals surface area contributed by atoms with Gasteiger partial charge < -0.3 is 10.6 Å². The van der Waals surface area contributed by atoms with Gasteiger partial charge in [-0.2, -0.15) is 0 Å². The zero-order chi connectivity index (χ0) is 14.5. The van der Waals surface area contributed by atoms with Gasteiger partial charge in [0.05, 0.1) is 12.2 Å². The number of piperidine rings is 1. The van der Waals surface area contributed by atoms with Crippen LogP contribution in [0.2, 0.25) is 0 Å². The summed E-state index contributed by atoms with van der Waals surface area (Å²) < 4.78 is 13.0. The Balaban J connectivity index is 1.90. The van der Waals surface area contributed by atoms with E-state index in [9.17, 15) is 9.00 Å². The topological polar surface area (TPSA) is 88.9 Å². The fourth-order valence-corrected chi connectivity index (χ4v) is 2.39. The Morgan fingerprint density at radius 1 is 1.60 bits per heavy atom. The van der Waals surface area contributed by atoms with Crippen LogP contribution >= 0.6 is 0 Å². The number of hydrogen-bond acceptors (Lipinski definition) is 5. The van der Waals surface area contributed by atoms with Crippen molar-refractivity contribution in [1.29, 1.82) is 0 Å². The number of nitrogens with one attached hydrogen (secondary N) is 2. The first-order chi connectivity index (χ1) is 9.58. The summed E-state index contributed by atoms with van der Waals surface area (Å²) in [4.78, 5) is 11.9. The number of carbonyl (C=O) groups is 1. The van der Waals surface area contributed by atoms with E-state index in [1.165, 1.54) is 0 Å². The van der Waals surface area contributed by atoms with Gasteiger partial charge in [0.2, 0.25) is 0 Å². The lowest BCUT2D eigenvalue weighted by molar-refractivity contribution is 0.0949. The molecule has 0 aliphatic carbocycles. The SMILES string of the molecule is CC(CNC(=O)c1cn(C2CCNCC2)nn1)S(C)=O. The van der Waals surface area contributed by atoms with Crippen molar-refractivity contribution in [3.8, 4) is 0 Å². The minimum absolute atomic E-state index is 0.0709. The third-order valence-corrected chi connectivity index (χ3v) is 4.84. The summed E-state index contributed by atoms with van der Waals surface area (Å²) in [7, 11) is -0.945. The highest BCUT2D eigenvalue weighted by atomic mass is 32.2. The molecule has 8 heteroatoms. The molecule has 1 fully saturated rings. The molecule has 2 atom stereocenters. The van der Waals surface area contributed by atoms with Gasteiger partial charge in [-0.25, -0.2) is 4.68 Å². The summed E-state index contributed by atoms with van der Waals surface area (Å²) in [5, 5.41) is 13.9. The Labute approximate surface area is 121 Å². The molecule has 2 rings (SSSR count). The molecule has 112 valence electrons. The molecule has 0 radical (unpaired) electrons. The van der Waals surface area contributed by atoms with Gasteiger partial charge in [0.25, 0.3) is 5.91 Å². The second-order valence-electron chi connectivity index (χ2n) is 5.08. The third kappa shape index (κ3) is 3.86. The molecule has 1 aromatic rings. The normalized spacial score (nSPS) is 19.5. The minimum Gasteiger partial charge on any atom is -0.349 e. The van der Waals surface area contributed by atoms with Gasteiger partial charge in [0.15, 0.2) is 5.69 Å². The Kier molecular flexibility index (Phi) is 5.24. The smallest absolute Gasteiger partial charge is 0.273 e. The lowest BCUT2D eigenvalue weighted by atomic mass is 10.1. The van der Waals surface area contributed by atoms with Crippen LogP contribution in [-0.4, -0.2) is 56.2 Å². The summed E-state index contributed by atoms with van der Waals surface area (Å²) in [6.45, 7) is 4.14. The fraction of sp³-hybridized carbons (Fsp3) is 0.750. The fourth-order valence-electron chi connectivity index (χ4n) is 2.07. The molecule has 1 aliphatic heterocycles. The highest BCUT2D eigenvalue weighted by Gasteiger charge is 2.19. The second kappa shape index (κ2) is 6.94. The summed E-state index contributed by atoms with van der Waals surface area (Å²) >= 11 is 0. The van der Waals surface area contributed by atoms with E-state index in [-0.39, 0.29) is 11.2 Å². The van der Waals surface area contributed by atoms with Crippen molar-refractivity contribution in [3.63, 3.8) is 0 Å². The molecular formula is C12H21N5O2S. The molecule has 7 nitrogen and oxygen atoms in total. The van der Waals surface area contributed by atoms with Crippen molar-refractivity contribution < 1.29 is 9.00 Å². The van der Waals surface area contributed by atoms with Gasteiger partial charge in [-0.05, 0) is 32.9 Å². The highest BCUT2D eigenvalue weighted by molar-refractivity contribution is 7.84. The van der Waals surface area contributed by atoms with E-state index >= 15 is 0 Å². The summed E-state index contributed by atoms with van der Waals surface area (Å²) in [6, 6.07) is 0.312. The largest absolute Gasteiger partial charge is 0.349 e. The van der Waals surface area contributed by atoms with Crippen LogP contribution in [0.25, 0.3) is 0 Å². The predicted molar refractivity (Wildman–Crippen MR) is 77.0 cm³/mol. The minimum atomic E-state index is -0.945. The van der Waals surface area contributed by atoms with Crippen molar-refractivity contribution in [1.82, 2.24) is 25.6 Å². The number of rotatable bonds is 5. The van der Waals surface area contributed by atoms with Crippen LogP contribution in [0.4, 0.5) is 0 Å². The van der Waals surface area contributed by atoms with E-state index in [1.54, 1.807) is 17.1 Å². The van der Waals surface area contributed by atoms with Gasteiger partial charge in [0, 0.05) is 28.9 Å². The quantitative estimate of drug-likeness (QED) is 0.779. The standard InChI is InChI=1S/C12H21N5O2S/c1-9(20(2)19)7-14-12(18)11-8-17(16-15-11)10-3-5-13-6-4-10/h8-10,13H,3-7H2,1-2H3,(H,14,18). The maximum absolute atomic E-state index is 11.9. The first kappa shape index (κ1) is 15.1. The number of nitrogens with zero attached hydrogens (tertiary/aromatic N) is 3. The maximum atomic E-state index is 11.9. The van der Waals surface area contributed by atoms with Crippen LogP contribution in [-0.2, 0) is 10.8 Å². The molecule has 2 unspecified atom stereocenters. The van der Waals surface area contributed by atoms with Crippen molar-refractivity contribution in [2.24, 2.45) is 0 Å². The van der Waals surface area contributed by atoms with Gasteiger partial charge in [-0.1, -0.05) is 5.21 Å². The van der Waals surface area contributed by atoms with Crippen LogP contribution in [0.5, 0.6) is 0 Å². The first-order valence-corrected chi connectivity index (χ1v) is 8.43. The van der Waals surface area contributed by atoms with E-state index < -0.39 is 10.8 Å². The summed E-state index contributed by atoms with van der Waals surface area (Å²) in [6.07, 6.45) is 5.32. The number of amides is 1. The average Bonchev–Trinajstić information content (AvgIpc) is 2.95. The lowest BCUT2D eigenvalue weighted by Gasteiger charge is -2.22. The van der Waals surface area contributed by atoms with Crippen LogP contribution in [0, 0.1) is 0 Å². The van der Waals surface area contributed by atoms with Gasteiger partial charge in [0.1, 0.15) is 0 Å². The van der Waals surface area contributed by atoms with Gasteiger partial charge in [-0.15, -0.1) is 5.10 Å². The predicted octanol–water partition coefficient (Wildman–Crippen LogP) is -0.301. The molecule has 0 bridgehead atoms. The molecule has 2 heterocycles. The zero-order valence-corrected chi connectivity index (χ0v) is 12.7.